The van der Waals surface area contributed by atoms with Gasteiger partial charge >= 0.3 is 0 Å². The maximum atomic E-state index is 5.31. The number of nitrogens with zero attached hydrogens (tertiary/aromatic N) is 4. The standard InChI is InChI=1S/C18H32N6O.HI/c1-13(2)12-24-9-7-14(8-10-24)21-17(19-6)20-11-15-22-16(25-23-15)18(3,4)5;/h14H,1,7-12H2,2-6H3,(H2,19,20,21);1H. The van der Waals surface area contributed by atoms with E-state index in [-0.39, 0.29) is 29.4 Å². The number of aliphatic imine (C=N–C) groups is 1. The Labute approximate surface area is 174 Å². The number of rotatable bonds is 5. The van der Waals surface area contributed by atoms with E-state index in [9.17, 15) is 0 Å². The third-order valence-electron chi connectivity index (χ3n) is 4.17. The Morgan fingerprint density at radius 3 is 2.50 bits per heavy atom. The van der Waals surface area contributed by atoms with Crippen LogP contribution in [0, 0.1) is 0 Å². The zero-order chi connectivity index (χ0) is 18.4. The predicted molar refractivity (Wildman–Crippen MR) is 116 cm³/mol. The van der Waals surface area contributed by atoms with E-state index in [1.54, 1.807) is 7.05 Å². The van der Waals surface area contributed by atoms with Gasteiger partial charge in [-0.25, -0.2) is 0 Å². The Bertz CT molecular complexity index is 599. The summed E-state index contributed by atoms with van der Waals surface area (Å²) < 4.78 is 5.31. The molecular formula is C18H33IN6O. The van der Waals surface area contributed by atoms with Crippen molar-refractivity contribution >= 4 is 29.9 Å². The van der Waals surface area contributed by atoms with Gasteiger partial charge in [0, 0.05) is 38.1 Å². The molecule has 0 radical (unpaired) electrons. The van der Waals surface area contributed by atoms with Crippen molar-refractivity contribution in [2.75, 3.05) is 26.7 Å². The number of likely N-dealkylation sites (tertiary alicyclic amines) is 1. The van der Waals surface area contributed by atoms with Gasteiger partial charge in [-0.3, -0.25) is 9.89 Å². The van der Waals surface area contributed by atoms with Crippen molar-refractivity contribution in [1.29, 1.82) is 0 Å². The first-order valence-corrected chi connectivity index (χ1v) is 8.95. The second-order valence-corrected chi connectivity index (χ2v) is 7.84. The van der Waals surface area contributed by atoms with E-state index in [4.69, 9.17) is 4.52 Å². The summed E-state index contributed by atoms with van der Waals surface area (Å²) in [6, 6.07) is 0.433. The highest BCUT2D eigenvalue weighted by atomic mass is 127. The van der Waals surface area contributed by atoms with Crippen molar-refractivity contribution in [1.82, 2.24) is 25.7 Å². The minimum atomic E-state index is -0.136. The van der Waals surface area contributed by atoms with Gasteiger partial charge in [-0.15, -0.1) is 24.0 Å². The topological polar surface area (TPSA) is 78.6 Å². The van der Waals surface area contributed by atoms with Gasteiger partial charge in [0.2, 0.25) is 5.89 Å². The van der Waals surface area contributed by atoms with Crippen LogP contribution in [0.3, 0.4) is 0 Å². The Kier molecular flexibility index (Phi) is 9.02. The molecule has 2 rings (SSSR count). The Balaban J connectivity index is 0.00000338. The second kappa shape index (κ2) is 10.2. The minimum Gasteiger partial charge on any atom is -0.354 e. The average molecular weight is 476 g/mol. The van der Waals surface area contributed by atoms with E-state index in [0.717, 1.165) is 38.4 Å². The number of hydrogen-bond acceptors (Lipinski definition) is 5. The maximum Gasteiger partial charge on any atom is 0.232 e. The lowest BCUT2D eigenvalue weighted by atomic mass is 9.97. The van der Waals surface area contributed by atoms with Crippen LogP contribution in [0.2, 0.25) is 0 Å². The van der Waals surface area contributed by atoms with Gasteiger partial charge in [0.1, 0.15) is 0 Å². The number of guanidine groups is 1. The molecule has 0 aromatic carbocycles. The van der Waals surface area contributed by atoms with Gasteiger partial charge in [0.25, 0.3) is 0 Å². The molecule has 0 spiro atoms. The van der Waals surface area contributed by atoms with Crippen molar-refractivity contribution in [2.24, 2.45) is 4.99 Å². The van der Waals surface area contributed by atoms with Crippen molar-refractivity contribution in [2.45, 2.75) is 58.5 Å². The fourth-order valence-corrected chi connectivity index (χ4v) is 2.80. The van der Waals surface area contributed by atoms with E-state index in [2.05, 4.69) is 64.9 Å². The van der Waals surface area contributed by atoms with Crippen LogP contribution in [-0.4, -0.2) is 53.7 Å². The number of nitrogens with one attached hydrogen (secondary N) is 2. The lowest BCUT2D eigenvalue weighted by Gasteiger charge is -2.33. The van der Waals surface area contributed by atoms with E-state index in [1.165, 1.54) is 5.57 Å². The Morgan fingerprint density at radius 2 is 2.00 bits per heavy atom. The predicted octanol–water partition coefficient (Wildman–Crippen LogP) is 2.69. The summed E-state index contributed by atoms with van der Waals surface area (Å²) in [5.41, 5.74) is 1.08. The van der Waals surface area contributed by atoms with Gasteiger partial charge in [0.05, 0.1) is 6.54 Å². The normalized spacial score (nSPS) is 16.9. The maximum absolute atomic E-state index is 5.31. The largest absolute Gasteiger partial charge is 0.354 e. The van der Waals surface area contributed by atoms with Crippen LogP contribution in [0.1, 0.15) is 52.3 Å². The van der Waals surface area contributed by atoms with Crippen LogP contribution in [0.4, 0.5) is 0 Å². The van der Waals surface area contributed by atoms with E-state index in [1.807, 2.05) is 0 Å². The molecule has 2 N–H and O–H groups in total. The second-order valence-electron chi connectivity index (χ2n) is 7.84. The van der Waals surface area contributed by atoms with Crippen LogP contribution in [0.15, 0.2) is 21.7 Å². The molecular weight excluding hydrogens is 443 g/mol. The minimum absolute atomic E-state index is 0. The highest BCUT2D eigenvalue weighted by Gasteiger charge is 2.22. The third-order valence-corrected chi connectivity index (χ3v) is 4.17. The van der Waals surface area contributed by atoms with Gasteiger partial charge in [-0.05, 0) is 19.8 Å². The molecule has 1 aromatic heterocycles. The molecule has 0 unspecified atom stereocenters. The van der Waals surface area contributed by atoms with Gasteiger partial charge < -0.3 is 15.2 Å². The lowest BCUT2D eigenvalue weighted by Crippen LogP contribution is -2.48. The Morgan fingerprint density at radius 1 is 1.35 bits per heavy atom. The SMILES string of the molecule is C=C(C)CN1CCC(NC(=NC)NCc2noc(C(C)(C)C)n2)CC1.I. The lowest BCUT2D eigenvalue weighted by molar-refractivity contribution is 0.221. The highest BCUT2D eigenvalue weighted by Crippen LogP contribution is 2.19. The van der Waals surface area contributed by atoms with Crippen LogP contribution in [-0.2, 0) is 12.0 Å². The van der Waals surface area contributed by atoms with Crippen LogP contribution < -0.4 is 10.6 Å². The molecule has 0 atom stereocenters. The molecule has 26 heavy (non-hydrogen) atoms. The molecule has 0 bridgehead atoms. The molecule has 1 fully saturated rings. The average Bonchev–Trinajstić information content (AvgIpc) is 3.02. The number of aromatic nitrogens is 2. The summed E-state index contributed by atoms with van der Waals surface area (Å²) in [6.07, 6.45) is 2.20. The van der Waals surface area contributed by atoms with Crippen molar-refractivity contribution < 1.29 is 4.52 Å². The van der Waals surface area contributed by atoms with Crippen molar-refractivity contribution in [3.05, 3.63) is 23.9 Å². The van der Waals surface area contributed by atoms with Gasteiger partial charge in [-0.1, -0.05) is 38.1 Å². The molecule has 2 heterocycles. The van der Waals surface area contributed by atoms with Crippen LogP contribution in [0.5, 0.6) is 0 Å². The first-order chi connectivity index (χ1) is 11.8. The molecule has 8 heteroatoms. The quantitative estimate of drug-likeness (QED) is 0.295. The third kappa shape index (κ3) is 7.22. The summed E-state index contributed by atoms with van der Waals surface area (Å²) in [4.78, 5) is 11.2. The highest BCUT2D eigenvalue weighted by molar-refractivity contribution is 14.0. The summed E-state index contributed by atoms with van der Waals surface area (Å²) >= 11 is 0. The molecule has 1 aliphatic rings. The van der Waals surface area contributed by atoms with E-state index >= 15 is 0 Å². The molecule has 1 aliphatic heterocycles. The molecule has 0 saturated carbocycles. The molecule has 148 valence electrons. The summed E-state index contributed by atoms with van der Waals surface area (Å²) in [7, 11) is 1.78. The fourth-order valence-electron chi connectivity index (χ4n) is 2.80. The summed E-state index contributed by atoms with van der Waals surface area (Å²) in [5, 5.41) is 10.8. The number of hydrogen-bond donors (Lipinski definition) is 2. The molecule has 0 amide bonds. The monoisotopic (exact) mass is 476 g/mol. The number of piperidine rings is 1. The van der Waals surface area contributed by atoms with Crippen LogP contribution >= 0.6 is 24.0 Å². The number of halogens is 1. The molecule has 1 saturated heterocycles. The zero-order valence-corrected chi connectivity index (χ0v) is 19.0. The van der Waals surface area contributed by atoms with Crippen molar-refractivity contribution in [3.63, 3.8) is 0 Å². The first kappa shape index (κ1) is 22.9. The van der Waals surface area contributed by atoms with Gasteiger partial charge in [-0.2, -0.15) is 4.98 Å². The summed E-state index contributed by atoms with van der Waals surface area (Å²) in [5.74, 6) is 2.07. The fraction of sp³-hybridized carbons (Fsp3) is 0.722. The van der Waals surface area contributed by atoms with Crippen LogP contribution in [0.25, 0.3) is 0 Å². The first-order valence-electron chi connectivity index (χ1n) is 8.95. The molecule has 7 nitrogen and oxygen atoms in total. The van der Waals surface area contributed by atoms with E-state index in [0.29, 0.717) is 24.3 Å². The Hall–Kier alpha value is -1.16. The van der Waals surface area contributed by atoms with Crippen molar-refractivity contribution in [3.8, 4) is 0 Å². The smallest absolute Gasteiger partial charge is 0.232 e. The summed E-state index contributed by atoms with van der Waals surface area (Å²) in [6.45, 7) is 15.9. The van der Waals surface area contributed by atoms with Gasteiger partial charge in [0.15, 0.2) is 11.8 Å². The molecule has 1 aromatic rings. The van der Waals surface area contributed by atoms with E-state index < -0.39 is 0 Å². The molecule has 0 aliphatic carbocycles. The zero-order valence-electron chi connectivity index (χ0n) is 16.6.